The number of hydrogen-bond donors (Lipinski definition) is 0. The van der Waals surface area contributed by atoms with Crippen molar-refractivity contribution in [3.63, 3.8) is 0 Å². The molecule has 0 saturated carbocycles. The van der Waals surface area contributed by atoms with Gasteiger partial charge in [-0.15, -0.1) is 23.4 Å². The summed E-state index contributed by atoms with van der Waals surface area (Å²) in [6.45, 7) is 20.9. The van der Waals surface area contributed by atoms with Crippen molar-refractivity contribution in [3.8, 4) is 17.5 Å². The number of nitrogens with zero attached hydrogens (tertiary/aromatic N) is 4. The second-order valence-electron chi connectivity index (χ2n) is 16.1. The molecule has 2 unspecified atom stereocenters. The van der Waals surface area contributed by atoms with Gasteiger partial charge in [-0.2, -0.15) is 31.2 Å². The Labute approximate surface area is 333 Å². The first-order valence-corrected chi connectivity index (χ1v) is 18.1. The molecule has 2 amide bonds. The van der Waals surface area contributed by atoms with E-state index in [4.69, 9.17) is 28.1 Å². The lowest BCUT2D eigenvalue weighted by Gasteiger charge is -2.40. The molecule has 0 radical (unpaired) electrons. The molecule has 320 valence electrons. The number of ether oxygens (including phenoxy) is 5. The summed E-state index contributed by atoms with van der Waals surface area (Å²) >= 11 is 0. The van der Waals surface area contributed by atoms with Gasteiger partial charge in [-0.05, 0) is 93.7 Å². The number of halogens is 6. The Balaban J connectivity index is 2.51. The molecule has 18 heteroatoms. The number of rotatable bonds is 14. The minimum Gasteiger partial charge on any atom is -0.474 e. The van der Waals surface area contributed by atoms with Crippen molar-refractivity contribution in [2.24, 2.45) is 0 Å². The van der Waals surface area contributed by atoms with Crippen LogP contribution in [0, 0.1) is 0 Å². The third-order valence-electron chi connectivity index (χ3n) is 7.53. The van der Waals surface area contributed by atoms with E-state index in [-0.39, 0.29) is 11.3 Å². The summed E-state index contributed by atoms with van der Waals surface area (Å²) in [6.07, 6.45) is -13.9. The van der Waals surface area contributed by atoms with E-state index in [9.17, 15) is 22.8 Å². The van der Waals surface area contributed by atoms with Crippen LogP contribution < -0.4 is 9.64 Å². The molecule has 58 heavy (non-hydrogen) atoms. The van der Waals surface area contributed by atoms with E-state index in [1.54, 1.807) is 18.2 Å². The Morgan fingerprint density at radius 3 is 1.90 bits per heavy atom. The van der Waals surface area contributed by atoms with E-state index >= 15 is 13.2 Å². The number of hydrogen-bond acceptors (Lipinski definition) is 11. The largest absolute Gasteiger partial charge is 0.474 e. The quantitative estimate of drug-likeness (QED) is 0.113. The second-order valence-corrected chi connectivity index (χ2v) is 16.1. The highest BCUT2D eigenvalue weighted by atomic mass is 19.4. The summed E-state index contributed by atoms with van der Waals surface area (Å²) in [6, 6.07) is 8.13. The van der Waals surface area contributed by atoms with Crippen LogP contribution in [0.4, 0.5) is 41.6 Å². The van der Waals surface area contributed by atoms with Gasteiger partial charge in [-0.25, -0.2) is 14.6 Å². The van der Waals surface area contributed by atoms with Gasteiger partial charge in [-0.3, -0.25) is 0 Å². The number of alkyl halides is 6. The predicted octanol–water partition coefficient (Wildman–Crippen LogP) is 10.9. The van der Waals surface area contributed by atoms with E-state index in [1.807, 2.05) is 0 Å². The number of anilines is 1. The number of carbonyl (C=O) groups is 2. The smallest absolute Gasteiger partial charge is 0.429 e. The Kier molecular flexibility index (Phi) is 14.6. The van der Waals surface area contributed by atoms with Crippen LogP contribution in [-0.2, 0) is 37.3 Å². The van der Waals surface area contributed by atoms with Gasteiger partial charge in [0, 0.05) is 0 Å². The van der Waals surface area contributed by atoms with E-state index in [2.05, 4.69) is 28.3 Å². The maximum atomic E-state index is 15.7. The predicted molar refractivity (Wildman–Crippen MR) is 201 cm³/mol. The molecule has 1 aromatic carbocycles. The van der Waals surface area contributed by atoms with E-state index in [0.717, 1.165) is 6.08 Å². The van der Waals surface area contributed by atoms with Crippen LogP contribution in [0.2, 0.25) is 0 Å². The van der Waals surface area contributed by atoms with Gasteiger partial charge in [0.1, 0.15) is 22.9 Å². The second kappa shape index (κ2) is 17.9. The van der Waals surface area contributed by atoms with Gasteiger partial charge in [-0.1, -0.05) is 42.5 Å². The topological polar surface area (TPSA) is 135 Å². The number of benzene rings is 1. The maximum Gasteiger partial charge on any atom is 0.429 e. The third kappa shape index (κ3) is 12.3. The van der Waals surface area contributed by atoms with Gasteiger partial charge in [0.25, 0.3) is 17.4 Å². The highest BCUT2D eigenvalue weighted by molar-refractivity contribution is 6.11. The molecule has 0 fully saturated rings. The van der Waals surface area contributed by atoms with Crippen LogP contribution in [-0.4, -0.2) is 62.6 Å². The van der Waals surface area contributed by atoms with E-state index in [1.165, 1.54) is 87.4 Å². The van der Waals surface area contributed by atoms with Crippen molar-refractivity contribution in [2.75, 3.05) is 4.90 Å². The maximum absolute atomic E-state index is 15.7. The molecule has 3 aromatic rings. The molecule has 2 aromatic heterocycles. The Morgan fingerprint density at radius 1 is 0.862 bits per heavy atom. The van der Waals surface area contributed by atoms with Crippen LogP contribution in [0.15, 0.2) is 66.1 Å². The molecule has 0 aliphatic heterocycles. The van der Waals surface area contributed by atoms with Gasteiger partial charge in [0.05, 0.1) is 24.0 Å². The van der Waals surface area contributed by atoms with Crippen LogP contribution in [0.1, 0.15) is 99.1 Å². The Hall–Kier alpha value is -4.97. The fraction of sp³-hybridized carbons (Fsp3) is 0.525. The number of pyridine rings is 1. The number of aromatic nitrogens is 3. The minimum atomic E-state index is -5.40. The van der Waals surface area contributed by atoms with Crippen molar-refractivity contribution in [3.05, 3.63) is 78.7 Å². The molecule has 0 aliphatic carbocycles. The average molecular weight is 829 g/mol. The monoisotopic (exact) mass is 828 g/mol. The molecule has 3 atom stereocenters. The van der Waals surface area contributed by atoms with Gasteiger partial charge < -0.3 is 28.1 Å². The summed E-state index contributed by atoms with van der Waals surface area (Å²) in [5.41, 5.74) is -10.7. The van der Waals surface area contributed by atoms with E-state index < -0.39 is 100 Å². The Morgan fingerprint density at radius 2 is 1.43 bits per heavy atom. The zero-order valence-corrected chi connectivity index (χ0v) is 34.1. The summed E-state index contributed by atoms with van der Waals surface area (Å²) in [4.78, 5) is 31.7. The van der Waals surface area contributed by atoms with Crippen molar-refractivity contribution in [1.82, 2.24) is 15.2 Å². The molecule has 0 saturated heterocycles. The molecule has 2 heterocycles. The highest BCUT2D eigenvalue weighted by Crippen LogP contribution is 2.49. The first-order valence-electron chi connectivity index (χ1n) is 18.1. The SMILES string of the molecule is C=CCC[C@@H](C)Oc1nc(-c2nnc(C(OCc3ccccc3)(C(C=C)OC(C)(C)C)C(F)(F)F)o2)c(N(C(=O)OC(C)(C)C)C(=O)OC(C)(C)C)cc1C(F)(F)F. The summed E-state index contributed by atoms with van der Waals surface area (Å²) in [5.74, 6) is -3.36. The highest BCUT2D eigenvalue weighted by Gasteiger charge is 2.67. The van der Waals surface area contributed by atoms with Crippen molar-refractivity contribution in [1.29, 1.82) is 0 Å². The zero-order valence-electron chi connectivity index (χ0n) is 34.1. The molecule has 0 bridgehead atoms. The van der Waals surface area contributed by atoms with Crippen molar-refractivity contribution in [2.45, 2.75) is 136 Å². The molecule has 0 N–H and O–H groups in total. The van der Waals surface area contributed by atoms with Crippen LogP contribution in [0.3, 0.4) is 0 Å². The number of amides is 2. The fourth-order valence-electron chi connectivity index (χ4n) is 5.14. The first-order chi connectivity index (χ1) is 26.5. The van der Waals surface area contributed by atoms with Crippen molar-refractivity contribution < 1.29 is 64.0 Å². The van der Waals surface area contributed by atoms with Crippen LogP contribution in [0.25, 0.3) is 11.6 Å². The molecule has 12 nitrogen and oxygen atoms in total. The fourth-order valence-corrected chi connectivity index (χ4v) is 5.14. The van der Waals surface area contributed by atoms with Crippen molar-refractivity contribution >= 4 is 17.9 Å². The zero-order chi connectivity index (χ0) is 44.1. The van der Waals surface area contributed by atoms with Crippen LogP contribution in [0.5, 0.6) is 5.88 Å². The number of allylic oxidation sites excluding steroid dienone is 1. The van der Waals surface area contributed by atoms with Gasteiger partial charge in [0.2, 0.25) is 5.88 Å². The van der Waals surface area contributed by atoms with Gasteiger partial charge in [0.15, 0.2) is 5.69 Å². The first kappa shape index (κ1) is 47.4. The average Bonchev–Trinajstić information content (AvgIpc) is 3.55. The number of imide groups is 1. The summed E-state index contributed by atoms with van der Waals surface area (Å²) < 4.78 is 125. The lowest BCUT2D eigenvalue weighted by molar-refractivity contribution is -0.332. The molecular formula is C40H50F6N4O8. The lowest BCUT2D eigenvalue weighted by Crippen LogP contribution is -2.55. The lowest BCUT2D eigenvalue weighted by atomic mass is 9.93. The minimum absolute atomic E-state index is 0.0983. The third-order valence-corrected chi connectivity index (χ3v) is 7.53. The number of carbonyl (C=O) groups excluding carboxylic acids is 2. The van der Waals surface area contributed by atoms with Crippen LogP contribution >= 0.6 is 0 Å². The normalized spacial score (nSPS) is 14.8. The molecule has 0 spiro atoms. The summed E-state index contributed by atoms with van der Waals surface area (Å²) in [7, 11) is 0. The standard InChI is InChI=1S/C40H50F6N4O8/c1-13-15-19-24(3)54-30-26(39(41,42)43)22-27(50(33(51)57-36(7,8)9)34(52)58-37(10,11)12)29(47-30)31-48-49-32(55-31)38(40(44,45)46,28(14-2)56-35(4,5)6)53-23-25-20-17-16-18-21-25/h13-14,16-18,20-22,24,28H,1-2,15,19,23H2,3-12H3/t24-,28?,38?/m1/s1. The van der Waals surface area contributed by atoms with E-state index in [0.29, 0.717) is 18.1 Å². The van der Waals surface area contributed by atoms with Gasteiger partial charge >= 0.3 is 24.5 Å². The molecule has 3 rings (SSSR count). The summed E-state index contributed by atoms with van der Waals surface area (Å²) in [5, 5.41) is 7.48. The molecular weight excluding hydrogens is 778 g/mol. The Bertz CT molecular complexity index is 1870. The molecule has 0 aliphatic rings.